The summed E-state index contributed by atoms with van der Waals surface area (Å²) in [6.07, 6.45) is 4.73. The Morgan fingerprint density at radius 2 is 2.25 bits per heavy atom. The second-order valence-corrected chi connectivity index (χ2v) is 3.76. The first-order chi connectivity index (χ1) is 7.74. The molecule has 0 fully saturated rings. The van der Waals surface area contributed by atoms with E-state index in [4.69, 9.17) is 22.1 Å². The number of nitrogens with zero attached hydrogens (tertiary/aromatic N) is 2. The van der Waals surface area contributed by atoms with E-state index in [1.54, 1.807) is 7.11 Å². The lowest BCUT2D eigenvalue weighted by Crippen LogP contribution is -2.07. The van der Waals surface area contributed by atoms with Gasteiger partial charge >= 0.3 is 0 Å². The molecule has 0 amide bonds. The molecule has 0 unspecified atom stereocenters. The van der Waals surface area contributed by atoms with Gasteiger partial charge in [-0.2, -0.15) is 4.98 Å². The zero-order chi connectivity index (χ0) is 11.8. The highest BCUT2D eigenvalue weighted by atomic mass is 35.5. The Labute approximate surface area is 100 Å². The normalized spacial score (nSPS) is 10.4. The molecule has 1 rings (SSSR count). The van der Waals surface area contributed by atoms with Gasteiger partial charge in [-0.3, -0.25) is 0 Å². The standard InChI is InChI=1S/C10H17ClN4O/c1-16-6-4-2-3-5-13-9-8(12)7-14-10(11)15-9/h7H,2-6,12H2,1H3,(H,13,14,15). The third-order valence-corrected chi connectivity index (χ3v) is 2.29. The van der Waals surface area contributed by atoms with Crippen LogP contribution >= 0.6 is 11.6 Å². The molecule has 0 bridgehead atoms. The first-order valence-corrected chi connectivity index (χ1v) is 5.62. The number of unbranched alkanes of at least 4 members (excludes halogenated alkanes) is 2. The Hall–Kier alpha value is -1.07. The van der Waals surface area contributed by atoms with Crippen LogP contribution in [0.1, 0.15) is 19.3 Å². The lowest BCUT2D eigenvalue weighted by molar-refractivity contribution is 0.192. The summed E-state index contributed by atoms with van der Waals surface area (Å²) in [6, 6.07) is 0. The van der Waals surface area contributed by atoms with Crippen LogP contribution in [0, 0.1) is 0 Å². The van der Waals surface area contributed by atoms with Crippen LogP contribution in [0.25, 0.3) is 0 Å². The molecule has 0 aromatic carbocycles. The van der Waals surface area contributed by atoms with E-state index < -0.39 is 0 Å². The number of aromatic nitrogens is 2. The zero-order valence-electron chi connectivity index (χ0n) is 9.37. The number of rotatable bonds is 7. The molecule has 0 spiro atoms. The molecule has 1 aromatic heterocycles. The van der Waals surface area contributed by atoms with Crippen LogP contribution in [-0.4, -0.2) is 30.2 Å². The van der Waals surface area contributed by atoms with Gasteiger partial charge in [0.2, 0.25) is 5.28 Å². The number of nitrogens with one attached hydrogen (secondary N) is 1. The van der Waals surface area contributed by atoms with E-state index in [9.17, 15) is 0 Å². The van der Waals surface area contributed by atoms with Gasteiger partial charge in [-0.25, -0.2) is 4.98 Å². The van der Waals surface area contributed by atoms with Crippen LogP contribution in [0.4, 0.5) is 11.5 Å². The van der Waals surface area contributed by atoms with Crippen molar-refractivity contribution in [3.05, 3.63) is 11.5 Å². The topological polar surface area (TPSA) is 73.1 Å². The predicted octanol–water partition coefficient (Wildman–Crippen LogP) is 1.94. The maximum absolute atomic E-state index is 5.69. The number of nitrogen functional groups attached to an aromatic ring is 1. The van der Waals surface area contributed by atoms with Gasteiger partial charge in [0, 0.05) is 20.3 Å². The van der Waals surface area contributed by atoms with E-state index >= 15 is 0 Å². The monoisotopic (exact) mass is 244 g/mol. The van der Waals surface area contributed by atoms with Crippen molar-refractivity contribution in [2.45, 2.75) is 19.3 Å². The minimum Gasteiger partial charge on any atom is -0.394 e. The van der Waals surface area contributed by atoms with Crippen molar-refractivity contribution in [2.75, 3.05) is 31.3 Å². The second kappa shape index (κ2) is 7.24. The summed E-state index contributed by atoms with van der Waals surface area (Å²) >= 11 is 5.66. The Kier molecular flexibility index (Phi) is 5.88. The van der Waals surface area contributed by atoms with Crippen LogP contribution < -0.4 is 11.1 Å². The Morgan fingerprint density at radius 3 is 3.00 bits per heavy atom. The highest BCUT2D eigenvalue weighted by molar-refractivity contribution is 6.28. The first kappa shape index (κ1) is 13.0. The number of anilines is 2. The fourth-order valence-electron chi connectivity index (χ4n) is 1.27. The highest BCUT2D eigenvalue weighted by Gasteiger charge is 2.01. The van der Waals surface area contributed by atoms with Crippen LogP contribution in [0.15, 0.2) is 6.20 Å². The van der Waals surface area contributed by atoms with Crippen LogP contribution in [0.2, 0.25) is 5.28 Å². The molecule has 0 aliphatic carbocycles. The molecule has 16 heavy (non-hydrogen) atoms. The molecule has 1 aromatic rings. The lowest BCUT2D eigenvalue weighted by Gasteiger charge is -2.07. The van der Waals surface area contributed by atoms with Crippen molar-refractivity contribution >= 4 is 23.1 Å². The maximum Gasteiger partial charge on any atom is 0.224 e. The minimum atomic E-state index is 0.205. The Balaban J connectivity index is 2.23. The number of halogens is 1. The van der Waals surface area contributed by atoms with E-state index in [1.165, 1.54) is 6.20 Å². The molecule has 0 aliphatic rings. The van der Waals surface area contributed by atoms with Gasteiger partial charge in [0.15, 0.2) is 5.82 Å². The number of hydrogen-bond donors (Lipinski definition) is 2. The summed E-state index contributed by atoms with van der Waals surface area (Å²) in [4.78, 5) is 7.78. The van der Waals surface area contributed by atoms with Crippen molar-refractivity contribution in [1.82, 2.24) is 9.97 Å². The molecule has 0 saturated heterocycles. The molecule has 3 N–H and O–H groups in total. The molecule has 0 atom stereocenters. The van der Waals surface area contributed by atoms with Crippen molar-refractivity contribution in [2.24, 2.45) is 0 Å². The van der Waals surface area contributed by atoms with Crippen molar-refractivity contribution in [3.63, 3.8) is 0 Å². The molecule has 5 nitrogen and oxygen atoms in total. The average molecular weight is 245 g/mol. The van der Waals surface area contributed by atoms with Crippen molar-refractivity contribution in [1.29, 1.82) is 0 Å². The molecular weight excluding hydrogens is 228 g/mol. The third kappa shape index (κ3) is 4.63. The molecule has 6 heteroatoms. The number of ether oxygens (including phenoxy) is 1. The van der Waals surface area contributed by atoms with Gasteiger partial charge < -0.3 is 15.8 Å². The molecular formula is C10H17ClN4O. The SMILES string of the molecule is COCCCCCNc1nc(Cl)ncc1N. The van der Waals surface area contributed by atoms with Crippen molar-refractivity contribution in [3.8, 4) is 0 Å². The fourth-order valence-corrected chi connectivity index (χ4v) is 1.40. The van der Waals surface area contributed by atoms with Crippen molar-refractivity contribution < 1.29 is 4.74 Å². The van der Waals surface area contributed by atoms with Gasteiger partial charge in [0.1, 0.15) is 0 Å². The van der Waals surface area contributed by atoms with Gasteiger partial charge in [0.05, 0.1) is 11.9 Å². The van der Waals surface area contributed by atoms with Gasteiger partial charge in [-0.15, -0.1) is 0 Å². The summed E-state index contributed by atoms with van der Waals surface area (Å²) in [5.74, 6) is 0.603. The van der Waals surface area contributed by atoms with Gasteiger partial charge in [-0.05, 0) is 30.9 Å². The Morgan fingerprint density at radius 1 is 1.44 bits per heavy atom. The molecule has 1 heterocycles. The fraction of sp³-hybridized carbons (Fsp3) is 0.600. The second-order valence-electron chi connectivity index (χ2n) is 3.42. The molecule has 0 aliphatic heterocycles. The van der Waals surface area contributed by atoms with E-state index in [-0.39, 0.29) is 5.28 Å². The molecule has 0 saturated carbocycles. The zero-order valence-corrected chi connectivity index (χ0v) is 10.1. The average Bonchev–Trinajstić information content (AvgIpc) is 2.28. The van der Waals surface area contributed by atoms with E-state index in [1.807, 2.05) is 0 Å². The lowest BCUT2D eigenvalue weighted by atomic mass is 10.2. The number of hydrogen-bond acceptors (Lipinski definition) is 5. The largest absolute Gasteiger partial charge is 0.394 e. The minimum absolute atomic E-state index is 0.205. The van der Waals surface area contributed by atoms with E-state index in [0.717, 1.165) is 32.4 Å². The van der Waals surface area contributed by atoms with E-state index in [2.05, 4.69) is 15.3 Å². The number of nitrogens with two attached hydrogens (primary N) is 1. The Bertz CT molecular complexity index is 322. The number of methoxy groups -OCH3 is 1. The van der Waals surface area contributed by atoms with Gasteiger partial charge in [0.25, 0.3) is 0 Å². The van der Waals surface area contributed by atoms with Crippen LogP contribution in [0.5, 0.6) is 0 Å². The quantitative estimate of drug-likeness (QED) is 0.567. The van der Waals surface area contributed by atoms with Gasteiger partial charge in [-0.1, -0.05) is 0 Å². The molecule has 0 radical (unpaired) electrons. The summed E-state index contributed by atoms with van der Waals surface area (Å²) in [6.45, 7) is 1.63. The maximum atomic E-state index is 5.69. The summed E-state index contributed by atoms with van der Waals surface area (Å²) in [7, 11) is 1.71. The highest BCUT2D eigenvalue weighted by Crippen LogP contribution is 2.15. The van der Waals surface area contributed by atoms with Crippen LogP contribution in [-0.2, 0) is 4.74 Å². The summed E-state index contributed by atoms with van der Waals surface area (Å²) in [5.41, 5.74) is 6.20. The first-order valence-electron chi connectivity index (χ1n) is 5.25. The summed E-state index contributed by atoms with van der Waals surface area (Å²) < 4.78 is 4.96. The third-order valence-electron chi connectivity index (χ3n) is 2.11. The van der Waals surface area contributed by atoms with Crippen LogP contribution in [0.3, 0.4) is 0 Å². The smallest absolute Gasteiger partial charge is 0.224 e. The molecule has 90 valence electrons. The van der Waals surface area contributed by atoms with E-state index in [0.29, 0.717) is 11.5 Å². The predicted molar refractivity (Wildman–Crippen MR) is 65.7 cm³/mol. The summed E-state index contributed by atoms with van der Waals surface area (Å²) in [5, 5.41) is 3.33.